The third kappa shape index (κ3) is 4.49. The molecule has 2 saturated heterocycles. The predicted molar refractivity (Wildman–Crippen MR) is 141 cm³/mol. The van der Waals surface area contributed by atoms with Crippen LogP contribution in [-0.4, -0.2) is 60.1 Å². The first-order valence-electron chi connectivity index (χ1n) is 12.2. The highest BCUT2D eigenvalue weighted by Gasteiger charge is 2.42. The van der Waals surface area contributed by atoms with Gasteiger partial charge in [-0.3, -0.25) is 14.4 Å². The zero-order valence-electron chi connectivity index (χ0n) is 20.3. The van der Waals surface area contributed by atoms with Gasteiger partial charge in [-0.25, -0.2) is 8.42 Å². The molecule has 0 radical (unpaired) electrons. The summed E-state index contributed by atoms with van der Waals surface area (Å²) in [5.74, 6) is -0.696. The number of phenolic OH excluding ortho intramolecular Hbond substituents is 1. The number of hydrogen-bond donors (Lipinski definition) is 3. The van der Waals surface area contributed by atoms with Crippen LogP contribution in [0, 0.1) is 0 Å². The first kappa shape index (κ1) is 25.0. The van der Waals surface area contributed by atoms with Crippen LogP contribution in [0.3, 0.4) is 0 Å². The lowest BCUT2D eigenvalue weighted by atomic mass is 10.0. The first-order valence-corrected chi connectivity index (χ1v) is 13.8. The van der Waals surface area contributed by atoms with E-state index in [0.29, 0.717) is 12.8 Å². The first-order chi connectivity index (χ1) is 17.7. The van der Waals surface area contributed by atoms with Crippen molar-refractivity contribution in [2.45, 2.75) is 31.8 Å². The van der Waals surface area contributed by atoms with Gasteiger partial charge in [-0.1, -0.05) is 43.3 Å². The van der Waals surface area contributed by atoms with Gasteiger partial charge in [0.15, 0.2) is 5.75 Å². The number of hydrogen-bond acceptors (Lipinski definition) is 8. The molecule has 0 aromatic heterocycles. The molecule has 2 aliphatic heterocycles. The molecule has 0 saturated carbocycles. The second kappa shape index (κ2) is 9.64. The molecule has 1 amide bonds. The summed E-state index contributed by atoms with van der Waals surface area (Å²) in [5, 5.41) is 16.9. The van der Waals surface area contributed by atoms with Gasteiger partial charge in [-0.2, -0.15) is 4.31 Å². The van der Waals surface area contributed by atoms with E-state index in [-0.39, 0.29) is 65.8 Å². The Bertz CT molecular complexity index is 1510. The van der Waals surface area contributed by atoms with E-state index in [9.17, 15) is 27.9 Å². The van der Waals surface area contributed by atoms with Crippen molar-refractivity contribution >= 4 is 33.0 Å². The van der Waals surface area contributed by atoms with Crippen molar-refractivity contribution in [2.75, 3.05) is 36.0 Å². The van der Waals surface area contributed by atoms with E-state index in [0.717, 1.165) is 5.56 Å². The third-order valence-electron chi connectivity index (χ3n) is 7.15. The van der Waals surface area contributed by atoms with Gasteiger partial charge < -0.3 is 20.6 Å². The summed E-state index contributed by atoms with van der Waals surface area (Å²) in [7, 11) is -3.26. The Kier molecular flexibility index (Phi) is 6.50. The van der Waals surface area contributed by atoms with E-state index in [1.165, 1.54) is 21.3 Å². The van der Waals surface area contributed by atoms with Gasteiger partial charge in [-0.15, -0.1) is 0 Å². The fraction of sp³-hybridized carbons (Fsp3) is 0.346. The van der Waals surface area contributed by atoms with Crippen molar-refractivity contribution in [3.63, 3.8) is 0 Å². The van der Waals surface area contributed by atoms with Gasteiger partial charge in [-0.05, 0) is 30.5 Å². The molecule has 3 N–H and O–H groups in total. The molecule has 5 rings (SSSR count). The number of carbonyl (C=O) groups is 1. The Labute approximate surface area is 214 Å². The fourth-order valence-electron chi connectivity index (χ4n) is 5.08. The number of carbonyl (C=O) groups excluding carboxylic acids is 1. The van der Waals surface area contributed by atoms with Crippen LogP contribution in [0.4, 0.5) is 17.1 Å². The van der Waals surface area contributed by atoms with Crippen LogP contribution in [0.25, 0.3) is 0 Å². The number of anilines is 3. The van der Waals surface area contributed by atoms with Gasteiger partial charge in [0.25, 0.3) is 16.8 Å². The van der Waals surface area contributed by atoms with E-state index >= 15 is 0 Å². The molecule has 0 bridgehead atoms. The molecule has 3 aromatic carbocycles. The van der Waals surface area contributed by atoms with Gasteiger partial charge in [0, 0.05) is 25.7 Å². The monoisotopic (exact) mass is 524 g/mol. The number of sulfonamides is 1. The molecule has 0 spiro atoms. The summed E-state index contributed by atoms with van der Waals surface area (Å²) in [6.07, 6.45) is 1.13. The summed E-state index contributed by atoms with van der Waals surface area (Å²) < 4.78 is 25.7. The maximum atomic E-state index is 13.2. The maximum absolute atomic E-state index is 13.2. The molecule has 0 aliphatic carbocycles. The van der Waals surface area contributed by atoms with Crippen molar-refractivity contribution in [3.05, 3.63) is 80.1 Å². The number of rotatable bonds is 7. The molecular formula is C26H28N4O6S. The van der Waals surface area contributed by atoms with Crippen LogP contribution in [0.1, 0.15) is 41.7 Å². The van der Waals surface area contributed by atoms with Gasteiger partial charge in [0.05, 0.1) is 23.0 Å². The Hall–Kier alpha value is -3.70. The van der Waals surface area contributed by atoms with Crippen LogP contribution >= 0.6 is 0 Å². The highest BCUT2D eigenvalue weighted by Crippen LogP contribution is 2.34. The number of phenols is 1. The average molecular weight is 525 g/mol. The van der Waals surface area contributed by atoms with Gasteiger partial charge >= 0.3 is 0 Å². The molecule has 2 atom stereocenters. The van der Waals surface area contributed by atoms with Crippen molar-refractivity contribution in [1.29, 1.82) is 0 Å². The number of amides is 1. The highest BCUT2D eigenvalue weighted by molar-refractivity contribution is 7.89. The molecule has 10 nitrogen and oxygen atoms in total. The van der Waals surface area contributed by atoms with E-state index in [1.54, 1.807) is 6.07 Å². The second-order valence-electron chi connectivity index (χ2n) is 9.37. The summed E-state index contributed by atoms with van der Waals surface area (Å²) >= 11 is 0. The van der Waals surface area contributed by atoms with E-state index in [2.05, 4.69) is 10.6 Å². The lowest BCUT2D eigenvalue weighted by Crippen LogP contribution is -2.53. The lowest BCUT2D eigenvalue weighted by Gasteiger charge is -2.36. The molecule has 37 heavy (non-hydrogen) atoms. The van der Waals surface area contributed by atoms with E-state index in [1.807, 2.05) is 37.3 Å². The zero-order valence-corrected chi connectivity index (χ0v) is 21.1. The quantitative estimate of drug-likeness (QED) is 0.316. The molecule has 3 aromatic rings. The average Bonchev–Trinajstić information content (AvgIpc) is 3.22. The predicted octanol–water partition coefficient (Wildman–Crippen LogP) is 2.15. The number of nitrogens with one attached hydrogen (secondary N) is 2. The topological polar surface area (TPSA) is 136 Å². The number of nitrogens with zero attached hydrogens (tertiary/aromatic N) is 2. The van der Waals surface area contributed by atoms with Crippen LogP contribution in [0.15, 0.2) is 58.1 Å². The number of para-hydroxylation sites is 1. The lowest BCUT2D eigenvalue weighted by molar-refractivity contribution is 0.0638. The number of piperazine rings is 1. The summed E-state index contributed by atoms with van der Waals surface area (Å²) in [5.41, 5.74) is -0.0683. The Morgan fingerprint density at radius 3 is 2.51 bits per heavy atom. The smallest absolute Gasteiger partial charge is 0.257 e. The van der Waals surface area contributed by atoms with Crippen LogP contribution in [-0.2, 0) is 10.0 Å². The SMILES string of the molecule is CC[C@@H](Nc1c(Nc2cccc(C(=O)N3CCN4C(CCS4(=O)=O)C3)c2O)c(=O)c1=O)c1ccccc1. The molecule has 2 fully saturated rings. The fourth-order valence-corrected chi connectivity index (χ4v) is 6.87. The molecular weight excluding hydrogens is 496 g/mol. The van der Waals surface area contributed by atoms with Crippen LogP contribution in [0.5, 0.6) is 5.75 Å². The van der Waals surface area contributed by atoms with E-state index < -0.39 is 26.8 Å². The van der Waals surface area contributed by atoms with Crippen molar-refractivity contribution in [3.8, 4) is 5.75 Å². The molecule has 2 aliphatic rings. The summed E-state index contributed by atoms with van der Waals surface area (Å²) in [6, 6.07) is 13.7. The van der Waals surface area contributed by atoms with Gasteiger partial charge in [0.2, 0.25) is 10.0 Å². The minimum absolute atomic E-state index is 0.0308. The molecule has 11 heteroatoms. The minimum atomic E-state index is -3.26. The van der Waals surface area contributed by atoms with Crippen LogP contribution in [0.2, 0.25) is 0 Å². The Morgan fingerprint density at radius 1 is 1.05 bits per heavy atom. The van der Waals surface area contributed by atoms with Crippen molar-refractivity contribution in [2.24, 2.45) is 0 Å². The molecule has 2 heterocycles. The maximum Gasteiger partial charge on any atom is 0.257 e. The minimum Gasteiger partial charge on any atom is -0.505 e. The van der Waals surface area contributed by atoms with Crippen molar-refractivity contribution < 1.29 is 18.3 Å². The highest BCUT2D eigenvalue weighted by atomic mass is 32.2. The summed E-state index contributed by atoms with van der Waals surface area (Å²) in [6.45, 7) is 2.65. The summed E-state index contributed by atoms with van der Waals surface area (Å²) in [4.78, 5) is 39.5. The molecule has 1 unspecified atom stereocenters. The zero-order chi connectivity index (χ0) is 26.3. The largest absolute Gasteiger partial charge is 0.505 e. The van der Waals surface area contributed by atoms with Crippen molar-refractivity contribution in [1.82, 2.24) is 9.21 Å². The third-order valence-corrected chi connectivity index (χ3v) is 9.09. The molecule has 194 valence electrons. The second-order valence-corrected chi connectivity index (χ2v) is 11.4. The number of benzene rings is 2. The normalized spacial score (nSPS) is 19.9. The van der Waals surface area contributed by atoms with Crippen LogP contribution < -0.4 is 21.5 Å². The number of fused-ring (bicyclic) bond motifs is 1. The Morgan fingerprint density at radius 2 is 1.78 bits per heavy atom. The standard InChI is InChI=1S/C26H28N4O6S/c1-2-19(16-7-4-3-5-8-16)27-21-22(25(33)24(21)32)28-20-10-6-9-18(23(20)31)26(34)29-12-13-30-17(15-29)11-14-37(30,35)36/h3-10,17,19,27-28,31H,2,11-15H2,1H3/t17?,19-/m1/s1. The Balaban J connectivity index is 1.35. The van der Waals surface area contributed by atoms with E-state index in [4.69, 9.17) is 0 Å². The van der Waals surface area contributed by atoms with Gasteiger partial charge in [0.1, 0.15) is 11.4 Å². The number of aromatic hydroxyl groups is 1.